The molecule has 7 heteroatoms. The Morgan fingerprint density at radius 3 is 2.57 bits per heavy atom. The molecule has 4 atom stereocenters. The van der Waals surface area contributed by atoms with Gasteiger partial charge in [-0.25, -0.2) is 0 Å². The molecule has 0 aliphatic carbocycles. The minimum atomic E-state index is -0.669. The van der Waals surface area contributed by atoms with E-state index in [1.807, 2.05) is 30.3 Å². The Morgan fingerprint density at radius 1 is 1.14 bits per heavy atom. The average molecular weight is 386 g/mol. The number of rotatable bonds is 5. The summed E-state index contributed by atoms with van der Waals surface area (Å²) in [5.41, 5.74) is 6.66. The minimum absolute atomic E-state index is 0.0648. The minimum Gasteiger partial charge on any atom is -0.350 e. The maximum Gasteiger partial charge on any atom is 0.246 e. The van der Waals surface area contributed by atoms with E-state index in [-0.39, 0.29) is 23.8 Å². The summed E-state index contributed by atoms with van der Waals surface area (Å²) in [6.07, 6.45) is 4.83. The lowest BCUT2D eigenvalue weighted by Gasteiger charge is -2.35. The van der Waals surface area contributed by atoms with Gasteiger partial charge in [-0.1, -0.05) is 43.2 Å². The van der Waals surface area contributed by atoms with E-state index >= 15 is 0 Å². The Bertz CT molecular complexity index is 707. The molecule has 2 heterocycles. The van der Waals surface area contributed by atoms with Crippen molar-refractivity contribution in [2.24, 2.45) is 5.73 Å². The molecule has 0 spiro atoms. The van der Waals surface area contributed by atoms with Crippen LogP contribution < -0.4 is 16.4 Å². The van der Waals surface area contributed by atoms with Crippen molar-refractivity contribution in [3.63, 3.8) is 0 Å². The van der Waals surface area contributed by atoms with Crippen molar-refractivity contribution in [3.8, 4) is 0 Å². The van der Waals surface area contributed by atoms with Gasteiger partial charge in [0.15, 0.2) is 0 Å². The molecule has 1 aromatic carbocycles. The highest BCUT2D eigenvalue weighted by atomic mass is 16.2. The van der Waals surface area contributed by atoms with Gasteiger partial charge in [-0.05, 0) is 38.2 Å². The lowest BCUT2D eigenvalue weighted by molar-refractivity contribution is -0.144. The molecular weight excluding hydrogens is 356 g/mol. The number of amides is 3. The van der Waals surface area contributed by atoms with Crippen LogP contribution in [0.3, 0.4) is 0 Å². The highest BCUT2D eigenvalue weighted by molar-refractivity contribution is 5.93. The van der Waals surface area contributed by atoms with Crippen LogP contribution in [0.2, 0.25) is 0 Å². The fourth-order valence-corrected chi connectivity index (χ4v) is 4.13. The van der Waals surface area contributed by atoms with Crippen molar-refractivity contribution in [2.45, 2.75) is 76.2 Å². The van der Waals surface area contributed by atoms with Gasteiger partial charge in [-0.3, -0.25) is 14.4 Å². The first kappa shape index (κ1) is 20.3. The maximum atomic E-state index is 13.2. The quantitative estimate of drug-likeness (QED) is 0.704. The molecule has 0 radical (unpaired) electrons. The number of hydrogen-bond acceptors (Lipinski definition) is 4. The van der Waals surface area contributed by atoms with Gasteiger partial charge in [0.05, 0.1) is 6.04 Å². The van der Waals surface area contributed by atoms with Crippen LogP contribution in [0.15, 0.2) is 30.3 Å². The van der Waals surface area contributed by atoms with Crippen LogP contribution in [0.5, 0.6) is 0 Å². The predicted molar refractivity (Wildman–Crippen MR) is 106 cm³/mol. The van der Waals surface area contributed by atoms with Crippen LogP contribution >= 0.6 is 0 Å². The third-order valence-corrected chi connectivity index (χ3v) is 5.68. The van der Waals surface area contributed by atoms with Crippen molar-refractivity contribution in [1.29, 1.82) is 0 Å². The van der Waals surface area contributed by atoms with Crippen molar-refractivity contribution < 1.29 is 14.4 Å². The number of hydrogen-bond donors (Lipinski definition) is 3. The summed E-state index contributed by atoms with van der Waals surface area (Å²) in [7, 11) is 0. The highest BCUT2D eigenvalue weighted by Crippen LogP contribution is 2.31. The summed E-state index contributed by atoms with van der Waals surface area (Å²) >= 11 is 0. The van der Waals surface area contributed by atoms with E-state index in [0.717, 1.165) is 31.2 Å². The molecule has 2 aliphatic rings. The first-order valence-electron chi connectivity index (χ1n) is 10.2. The molecule has 7 nitrogen and oxygen atoms in total. The van der Waals surface area contributed by atoms with Crippen LogP contribution in [0.1, 0.15) is 51.0 Å². The van der Waals surface area contributed by atoms with E-state index in [9.17, 15) is 14.4 Å². The van der Waals surface area contributed by atoms with E-state index in [1.165, 1.54) is 0 Å². The number of fused-ring (bicyclic) bond motifs is 1. The second kappa shape index (κ2) is 9.19. The summed E-state index contributed by atoms with van der Waals surface area (Å²) in [5.74, 6) is -0.617. The lowest BCUT2D eigenvalue weighted by Crippen LogP contribution is -2.57. The molecule has 3 rings (SSSR count). The fourth-order valence-electron chi connectivity index (χ4n) is 4.13. The first-order valence-corrected chi connectivity index (χ1v) is 10.2. The van der Waals surface area contributed by atoms with E-state index < -0.39 is 18.1 Å². The molecule has 0 bridgehead atoms. The molecule has 3 amide bonds. The molecule has 152 valence electrons. The molecule has 28 heavy (non-hydrogen) atoms. The van der Waals surface area contributed by atoms with Gasteiger partial charge in [0, 0.05) is 12.6 Å². The van der Waals surface area contributed by atoms with Gasteiger partial charge in [0.1, 0.15) is 12.1 Å². The highest BCUT2D eigenvalue weighted by Gasteiger charge is 2.43. The van der Waals surface area contributed by atoms with Gasteiger partial charge in [-0.15, -0.1) is 0 Å². The van der Waals surface area contributed by atoms with E-state index in [2.05, 4.69) is 10.6 Å². The zero-order valence-corrected chi connectivity index (χ0v) is 16.4. The standard InChI is InChI=1S/C21H30N4O3/c1-14(22)19(26)24-17-10-6-5-9-16-11-12-18(25(16)21(17)28)20(27)23-13-15-7-3-2-4-8-15/h2-4,7-8,14,16-18H,5-6,9-13,22H2,1H3,(H,23,27)(H,24,26)/t14-,16-,17-,18-/m0/s1. The van der Waals surface area contributed by atoms with Crippen LogP contribution in [0.25, 0.3) is 0 Å². The second-order valence-corrected chi connectivity index (χ2v) is 7.83. The van der Waals surface area contributed by atoms with Gasteiger partial charge < -0.3 is 21.3 Å². The third kappa shape index (κ3) is 4.70. The Balaban J connectivity index is 1.69. The van der Waals surface area contributed by atoms with Crippen LogP contribution in [0, 0.1) is 0 Å². The topological polar surface area (TPSA) is 105 Å². The number of nitrogens with one attached hydrogen (secondary N) is 2. The Labute approximate surface area is 166 Å². The van der Waals surface area contributed by atoms with Crippen molar-refractivity contribution in [3.05, 3.63) is 35.9 Å². The van der Waals surface area contributed by atoms with Crippen LogP contribution in [0.4, 0.5) is 0 Å². The Hall–Kier alpha value is -2.41. The number of carbonyl (C=O) groups is 3. The summed E-state index contributed by atoms with van der Waals surface area (Å²) in [5, 5.41) is 5.74. The van der Waals surface area contributed by atoms with E-state index in [1.54, 1.807) is 11.8 Å². The van der Waals surface area contributed by atoms with Crippen LogP contribution in [-0.2, 0) is 20.9 Å². The largest absolute Gasteiger partial charge is 0.350 e. The van der Waals surface area contributed by atoms with Gasteiger partial charge in [0.25, 0.3) is 0 Å². The van der Waals surface area contributed by atoms with Crippen molar-refractivity contribution >= 4 is 17.7 Å². The fraction of sp³-hybridized carbons (Fsp3) is 0.571. The number of benzene rings is 1. The molecule has 1 aromatic rings. The summed E-state index contributed by atoms with van der Waals surface area (Å²) in [6.45, 7) is 2.04. The summed E-state index contributed by atoms with van der Waals surface area (Å²) < 4.78 is 0. The molecule has 4 N–H and O–H groups in total. The monoisotopic (exact) mass is 386 g/mol. The smallest absolute Gasteiger partial charge is 0.246 e. The molecule has 2 aliphatic heterocycles. The van der Waals surface area contributed by atoms with Gasteiger partial charge in [0.2, 0.25) is 17.7 Å². The Morgan fingerprint density at radius 2 is 1.86 bits per heavy atom. The number of nitrogens with zero attached hydrogens (tertiary/aromatic N) is 1. The molecule has 0 unspecified atom stereocenters. The molecule has 0 saturated carbocycles. The summed E-state index contributed by atoms with van der Waals surface area (Å²) in [4.78, 5) is 39.8. The molecule has 2 fully saturated rings. The molecule has 0 aromatic heterocycles. The predicted octanol–water partition coefficient (Wildman–Crippen LogP) is 1.07. The lowest BCUT2D eigenvalue weighted by atomic mass is 9.98. The molecular formula is C21H30N4O3. The van der Waals surface area contributed by atoms with Crippen molar-refractivity contribution in [1.82, 2.24) is 15.5 Å². The van der Waals surface area contributed by atoms with Crippen molar-refractivity contribution in [2.75, 3.05) is 0 Å². The maximum absolute atomic E-state index is 13.2. The number of carbonyl (C=O) groups excluding carboxylic acids is 3. The van der Waals surface area contributed by atoms with E-state index in [4.69, 9.17) is 5.73 Å². The third-order valence-electron chi connectivity index (χ3n) is 5.68. The second-order valence-electron chi connectivity index (χ2n) is 7.83. The average Bonchev–Trinajstić information content (AvgIpc) is 3.10. The van der Waals surface area contributed by atoms with E-state index in [0.29, 0.717) is 19.4 Å². The van der Waals surface area contributed by atoms with Gasteiger partial charge >= 0.3 is 0 Å². The normalized spacial score (nSPS) is 26.0. The Kier molecular flexibility index (Phi) is 6.67. The zero-order chi connectivity index (χ0) is 20.1. The molecule has 2 saturated heterocycles. The van der Waals surface area contributed by atoms with Gasteiger partial charge in [-0.2, -0.15) is 0 Å². The zero-order valence-electron chi connectivity index (χ0n) is 16.4. The first-order chi connectivity index (χ1) is 13.5. The number of nitrogens with two attached hydrogens (primary N) is 1. The van der Waals surface area contributed by atoms with Crippen LogP contribution in [-0.4, -0.2) is 46.8 Å². The summed E-state index contributed by atoms with van der Waals surface area (Å²) in [6, 6.07) is 8.02. The SMILES string of the molecule is C[C@H](N)C(=O)N[C@H]1CCCC[C@H]2CC[C@@H](C(=O)NCc3ccccc3)N2C1=O.